The van der Waals surface area contributed by atoms with Gasteiger partial charge in [0.25, 0.3) is 0 Å². The van der Waals surface area contributed by atoms with E-state index in [9.17, 15) is 0 Å². The van der Waals surface area contributed by atoms with E-state index in [-0.39, 0.29) is 0 Å². The molecule has 0 heterocycles. The Labute approximate surface area is 153 Å². The lowest BCUT2D eigenvalue weighted by Gasteiger charge is -2.11. The number of benzene rings is 2. The van der Waals surface area contributed by atoms with Gasteiger partial charge in [0.05, 0.1) is 18.0 Å². The van der Waals surface area contributed by atoms with Crippen LogP contribution in [0.4, 0.5) is 11.4 Å². The lowest BCUT2D eigenvalue weighted by Crippen LogP contribution is -1.98. The molecule has 128 valence electrons. The van der Waals surface area contributed by atoms with Gasteiger partial charge < -0.3 is 4.74 Å². The summed E-state index contributed by atoms with van der Waals surface area (Å²) in [6.07, 6.45) is 1.92. The molecular formula is C20H25BrN2O. The van der Waals surface area contributed by atoms with E-state index >= 15 is 0 Å². The normalized spacial score (nSPS) is 11.2. The molecule has 0 N–H and O–H groups in total. The molecule has 0 spiro atoms. The molecule has 24 heavy (non-hydrogen) atoms. The third-order valence-electron chi connectivity index (χ3n) is 4.03. The highest BCUT2D eigenvalue weighted by Gasteiger charge is 2.08. The van der Waals surface area contributed by atoms with E-state index in [0.717, 1.165) is 46.4 Å². The van der Waals surface area contributed by atoms with Gasteiger partial charge in [-0.1, -0.05) is 48.0 Å². The van der Waals surface area contributed by atoms with Gasteiger partial charge in [-0.3, -0.25) is 0 Å². The number of hydrogen-bond acceptors (Lipinski definition) is 3. The molecule has 2 rings (SSSR count). The van der Waals surface area contributed by atoms with Crippen molar-refractivity contribution in [2.75, 3.05) is 11.9 Å². The summed E-state index contributed by atoms with van der Waals surface area (Å²) in [4.78, 5) is 0. The van der Waals surface area contributed by atoms with Crippen molar-refractivity contribution in [2.45, 2.75) is 40.5 Å². The molecule has 0 saturated carbocycles. The lowest BCUT2D eigenvalue weighted by atomic mass is 10.0. The van der Waals surface area contributed by atoms with Crippen LogP contribution in [0.5, 0.6) is 5.75 Å². The minimum absolute atomic E-state index is 0.656. The molecule has 4 heteroatoms. The average Bonchev–Trinajstić information content (AvgIpc) is 2.59. The van der Waals surface area contributed by atoms with E-state index in [0.29, 0.717) is 6.61 Å². The maximum Gasteiger partial charge on any atom is 0.120 e. The fourth-order valence-corrected chi connectivity index (χ4v) is 2.92. The molecule has 0 fully saturated rings. The molecule has 0 amide bonds. The predicted molar refractivity (Wildman–Crippen MR) is 105 cm³/mol. The summed E-state index contributed by atoms with van der Waals surface area (Å²) < 4.78 is 5.69. The summed E-state index contributed by atoms with van der Waals surface area (Å²) in [5, 5.41) is 10.0. The zero-order valence-corrected chi connectivity index (χ0v) is 16.5. The summed E-state index contributed by atoms with van der Waals surface area (Å²) in [7, 11) is 0. The minimum Gasteiger partial charge on any atom is -0.493 e. The number of hydrogen-bond donors (Lipinski definition) is 0. The summed E-state index contributed by atoms with van der Waals surface area (Å²) in [5.41, 5.74) is 6.58. The highest BCUT2D eigenvalue weighted by atomic mass is 79.9. The summed E-state index contributed by atoms with van der Waals surface area (Å²) in [5.74, 6) is 0.881. The molecular weight excluding hydrogens is 364 g/mol. The SMILES string of the molecule is CCc1cccc(CC)c1N=Nc1c(C)cc(OCCBr)cc1C. The first-order valence-corrected chi connectivity index (χ1v) is 9.55. The van der Waals surface area contributed by atoms with Crippen LogP contribution in [0.15, 0.2) is 40.6 Å². The van der Waals surface area contributed by atoms with Crippen molar-refractivity contribution in [3.8, 4) is 5.75 Å². The molecule has 0 saturated heterocycles. The standard InChI is InChI=1S/C20H25BrN2O/c1-5-16-8-7-9-17(6-2)20(16)23-22-19-14(3)12-18(13-15(19)4)24-11-10-21/h7-9,12-13H,5-6,10-11H2,1-4H3. The van der Waals surface area contributed by atoms with Crippen LogP contribution in [0.1, 0.15) is 36.1 Å². The molecule has 0 aliphatic heterocycles. The highest BCUT2D eigenvalue weighted by Crippen LogP contribution is 2.32. The van der Waals surface area contributed by atoms with Crippen LogP contribution in [-0.2, 0) is 12.8 Å². The fourth-order valence-electron chi connectivity index (χ4n) is 2.76. The average molecular weight is 389 g/mol. The van der Waals surface area contributed by atoms with Crippen molar-refractivity contribution in [1.82, 2.24) is 0 Å². The van der Waals surface area contributed by atoms with Crippen molar-refractivity contribution in [2.24, 2.45) is 10.2 Å². The van der Waals surface area contributed by atoms with Crippen molar-refractivity contribution < 1.29 is 4.74 Å². The van der Waals surface area contributed by atoms with Gasteiger partial charge in [-0.2, -0.15) is 0 Å². The van der Waals surface area contributed by atoms with Crippen LogP contribution in [0.3, 0.4) is 0 Å². The van der Waals surface area contributed by atoms with Gasteiger partial charge in [0.15, 0.2) is 0 Å². The Morgan fingerprint density at radius 1 is 0.917 bits per heavy atom. The Balaban J connectivity index is 2.36. The van der Waals surface area contributed by atoms with E-state index in [1.54, 1.807) is 0 Å². The Bertz CT molecular complexity index is 680. The van der Waals surface area contributed by atoms with Crippen LogP contribution < -0.4 is 4.74 Å². The lowest BCUT2D eigenvalue weighted by molar-refractivity contribution is 0.344. The molecule has 0 aliphatic carbocycles. The zero-order chi connectivity index (χ0) is 17.5. The number of aryl methyl sites for hydroxylation is 4. The van der Waals surface area contributed by atoms with Gasteiger partial charge >= 0.3 is 0 Å². The first kappa shape index (κ1) is 18.7. The molecule has 0 bridgehead atoms. The van der Waals surface area contributed by atoms with E-state index in [1.807, 2.05) is 12.1 Å². The van der Waals surface area contributed by atoms with Crippen molar-refractivity contribution in [3.05, 3.63) is 52.6 Å². The van der Waals surface area contributed by atoms with Gasteiger partial charge in [-0.15, -0.1) is 10.2 Å². The number of halogens is 1. The van der Waals surface area contributed by atoms with Gasteiger partial charge in [0.1, 0.15) is 5.75 Å². The van der Waals surface area contributed by atoms with Crippen LogP contribution in [0.25, 0.3) is 0 Å². The Hall–Kier alpha value is -1.68. The summed E-state index contributed by atoms with van der Waals surface area (Å²) in [6, 6.07) is 10.4. The van der Waals surface area contributed by atoms with Gasteiger partial charge in [-0.25, -0.2) is 0 Å². The monoisotopic (exact) mass is 388 g/mol. The van der Waals surface area contributed by atoms with E-state index in [1.165, 1.54) is 11.1 Å². The molecule has 0 aromatic heterocycles. The van der Waals surface area contributed by atoms with Crippen molar-refractivity contribution >= 4 is 27.3 Å². The third-order valence-corrected chi connectivity index (χ3v) is 4.35. The zero-order valence-electron chi connectivity index (χ0n) is 14.9. The highest BCUT2D eigenvalue weighted by molar-refractivity contribution is 9.09. The first-order chi connectivity index (χ1) is 11.6. The minimum atomic E-state index is 0.656. The van der Waals surface area contributed by atoms with Crippen molar-refractivity contribution in [3.63, 3.8) is 0 Å². The third kappa shape index (κ3) is 4.44. The largest absolute Gasteiger partial charge is 0.493 e. The van der Waals surface area contributed by atoms with Gasteiger partial charge in [0.2, 0.25) is 0 Å². The number of nitrogens with zero attached hydrogens (tertiary/aromatic N) is 2. The Kier molecular flexibility index (Phi) is 6.98. The van der Waals surface area contributed by atoms with Crippen LogP contribution in [-0.4, -0.2) is 11.9 Å². The topological polar surface area (TPSA) is 34.0 Å². The second-order valence-corrected chi connectivity index (χ2v) is 6.57. The number of azo groups is 1. The molecule has 2 aromatic carbocycles. The molecule has 0 radical (unpaired) electrons. The van der Waals surface area contributed by atoms with Crippen molar-refractivity contribution in [1.29, 1.82) is 0 Å². The molecule has 0 aliphatic rings. The second kappa shape index (κ2) is 8.97. The van der Waals surface area contributed by atoms with Gasteiger partial charge in [-0.05, 0) is 61.1 Å². The van der Waals surface area contributed by atoms with Crippen LogP contribution in [0.2, 0.25) is 0 Å². The number of rotatable bonds is 7. The van der Waals surface area contributed by atoms with E-state index in [2.05, 4.69) is 72.1 Å². The second-order valence-electron chi connectivity index (χ2n) is 5.78. The first-order valence-electron chi connectivity index (χ1n) is 8.43. The summed E-state index contributed by atoms with van der Waals surface area (Å²) >= 11 is 3.38. The molecule has 3 nitrogen and oxygen atoms in total. The Morgan fingerprint density at radius 3 is 1.96 bits per heavy atom. The van der Waals surface area contributed by atoms with Crippen LogP contribution >= 0.6 is 15.9 Å². The number of ether oxygens (including phenoxy) is 1. The molecule has 0 unspecified atom stereocenters. The maximum atomic E-state index is 5.69. The van der Waals surface area contributed by atoms with E-state index in [4.69, 9.17) is 4.74 Å². The predicted octanol–water partition coefficient (Wildman–Crippen LogP) is 6.62. The Morgan fingerprint density at radius 2 is 1.46 bits per heavy atom. The summed E-state index contributed by atoms with van der Waals surface area (Å²) in [6.45, 7) is 9.06. The molecule has 0 atom stereocenters. The van der Waals surface area contributed by atoms with Gasteiger partial charge in [0, 0.05) is 5.33 Å². The smallest absolute Gasteiger partial charge is 0.120 e. The number of alkyl halides is 1. The molecule has 2 aromatic rings. The van der Waals surface area contributed by atoms with E-state index < -0.39 is 0 Å². The quantitative estimate of drug-likeness (QED) is 0.387. The van der Waals surface area contributed by atoms with Crippen LogP contribution in [0, 0.1) is 13.8 Å². The fraction of sp³-hybridized carbons (Fsp3) is 0.400. The maximum absolute atomic E-state index is 5.69.